The molecule has 0 aliphatic carbocycles. The summed E-state index contributed by atoms with van der Waals surface area (Å²) in [5.74, 6) is 1.87. The van der Waals surface area contributed by atoms with Crippen LogP contribution in [0.3, 0.4) is 0 Å². The van der Waals surface area contributed by atoms with Crippen LogP contribution >= 0.6 is 0 Å². The molecule has 0 saturated carbocycles. The number of ether oxygens (including phenoxy) is 4. The van der Waals surface area contributed by atoms with E-state index in [9.17, 15) is 14.7 Å². The second-order valence-electron chi connectivity index (χ2n) is 20.4. The zero-order chi connectivity index (χ0) is 54.7. The Hall–Kier alpha value is -7.60. The number of methoxy groups -OCH3 is 3. The maximum atomic E-state index is 16.4. The van der Waals surface area contributed by atoms with Gasteiger partial charge in [0.25, 0.3) is 0 Å². The van der Waals surface area contributed by atoms with Crippen molar-refractivity contribution >= 4 is 43.3 Å². The summed E-state index contributed by atoms with van der Waals surface area (Å²) in [6, 6.07) is 26.9. The number of carboxylic acid groups (broad SMARTS) is 1. The lowest BCUT2D eigenvalue weighted by molar-refractivity contribution is 0.0522. The molecule has 4 N–H and O–H groups in total. The second-order valence-corrected chi connectivity index (χ2v) is 23.9. The molecule has 1 aliphatic heterocycles. The van der Waals surface area contributed by atoms with Gasteiger partial charge in [0, 0.05) is 25.7 Å². The van der Waals surface area contributed by atoms with Gasteiger partial charge in [-0.3, -0.25) is 0 Å². The summed E-state index contributed by atoms with van der Waals surface area (Å²) in [4.78, 5) is 34.2. The van der Waals surface area contributed by atoms with Crippen LogP contribution in [0.4, 0.5) is 9.59 Å². The number of H-pyrrole nitrogens is 1. The van der Waals surface area contributed by atoms with Crippen molar-refractivity contribution in [1.29, 1.82) is 0 Å². The Bertz CT molecular complexity index is 3400. The van der Waals surface area contributed by atoms with E-state index in [2.05, 4.69) is 30.3 Å². The van der Waals surface area contributed by atoms with Crippen LogP contribution in [-0.2, 0) is 51.0 Å². The summed E-state index contributed by atoms with van der Waals surface area (Å²) >= 11 is 0. The first-order valence-electron chi connectivity index (χ1n) is 24.3. The monoisotopic (exact) mass is 1080 g/mol. The van der Waals surface area contributed by atoms with E-state index in [0.29, 0.717) is 50.8 Å². The molecule has 2 aromatic heterocycles. The molecular formula is C53H62N10O11S2. The average Bonchev–Trinajstić information content (AvgIpc) is 4.17. The SMILES string of the molecule is COc1ccc(CN(Cc2ccc(OC)cc2)S(=O)(=O)c2c(S(=O)(=O)NC3CCN(C(=O)O)C3C(C)(C)C)ccc(-c3ccc4nc(CNC(=O)OC(C)(C)C)[nH]c4c3)c2-c2nnn(Cc3ccc(OC)cc3)n2)cc1. The minimum Gasteiger partial charge on any atom is -0.497 e. The van der Waals surface area contributed by atoms with Crippen molar-refractivity contribution in [1.82, 2.24) is 49.4 Å². The summed E-state index contributed by atoms with van der Waals surface area (Å²) in [5, 5.41) is 26.6. The van der Waals surface area contributed by atoms with Crippen LogP contribution in [0, 0.1) is 5.41 Å². The number of carbonyl (C=O) groups excluding carboxylic acids is 1. The molecular weight excluding hydrogens is 1020 g/mol. The van der Waals surface area contributed by atoms with Crippen molar-refractivity contribution in [3.8, 4) is 39.8 Å². The van der Waals surface area contributed by atoms with Crippen LogP contribution in [0.1, 0.15) is 70.5 Å². The van der Waals surface area contributed by atoms with Gasteiger partial charge in [-0.1, -0.05) is 69.3 Å². The number of nitrogens with one attached hydrogen (secondary N) is 3. The quantitative estimate of drug-likeness (QED) is 0.0638. The maximum absolute atomic E-state index is 16.4. The number of imidazole rings is 1. The number of rotatable bonds is 18. The van der Waals surface area contributed by atoms with Gasteiger partial charge in [-0.05, 0) is 120 Å². The standard InChI is InChI=1S/C53H62N10O11S2/c1-52(2,3)48-42(26-27-62(48)51(65)66)59-75(67,68)44-25-23-40(36-16-24-41-43(28-36)56-45(55-41)29-54-50(64)74-53(4,5)6)46(49-57-60-63(58-49)32-35-14-21-39(73-9)22-15-35)47(44)76(69,70)61(30-33-10-17-37(71-7)18-11-33)31-34-12-19-38(72-8)20-13-34/h10-25,28,42,48,59H,26-27,29-32H2,1-9H3,(H,54,64)(H,55,56)(H,65,66). The minimum absolute atomic E-state index is 0.00708. The smallest absolute Gasteiger partial charge is 0.408 e. The highest BCUT2D eigenvalue weighted by atomic mass is 32.2. The summed E-state index contributed by atoms with van der Waals surface area (Å²) in [6.45, 7) is 10.3. The van der Waals surface area contributed by atoms with Gasteiger partial charge in [0.15, 0.2) is 0 Å². The number of alkyl carbamates (subject to hydrolysis) is 1. The van der Waals surface area contributed by atoms with Gasteiger partial charge in [0.05, 0.1) is 57.1 Å². The molecule has 3 heterocycles. The summed E-state index contributed by atoms with van der Waals surface area (Å²) < 4.78 is 89.2. The molecule has 1 fully saturated rings. The number of hydrogen-bond donors (Lipinski definition) is 4. The molecule has 0 spiro atoms. The Morgan fingerprint density at radius 1 is 0.789 bits per heavy atom. The van der Waals surface area contributed by atoms with Crippen molar-refractivity contribution in [2.45, 2.75) is 102 Å². The van der Waals surface area contributed by atoms with Gasteiger partial charge in [0.1, 0.15) is 38.5 Å². The van der Waals surface area contributed by atoms with Crippen molar-refractivity contribution in [2.75, 3.05) is 27.9 Å². The lowest BCUT2D eigenvalue weighted by Crippen LogP contribution is -2.52. The van der Waals surface area contributed by atoms with Crippen LogP contribution in [0.2, 0.25) is 0 Å². The molecule has 0 bridgehead atoms. The average molecular weight is 1080 g/mol. The van der Waals surface area contributed by atoms with Gasteiger partial charge < -0.3 is 39.3 Å². The zero-order valence-electron chi connectivity index (χ0n) is 43.7. The van der Waals surface area contributed by atoms with Crippen LogP contribution in [0.15, 0.2) is 113 Å². The lowest BCUT2D eigenvalue weighted by atomic mass is 9.83. The summed E-state index contributed by atoms with van der Waals surface area (Å²) in [6.07, 6.45) is -1.74. The van der Waals surface area contributed by atoms with E-state index in [1.165, 1.54) is 40.4 Å². The molecule has 2 atom stereocenters. The maximum Gasteiger partial charge on any atom is 0.408 e. The number of nitrogens with zero attached hydrogens (tertiary/aromatic N) is 7. The number of amides is 2. The fourth-order valence-electron chi connectivity index (χ4n) is 9.27. The van der Waals surface area contributed by atoms with Crippen molar-refractivity contribution in [3.63, 3.8) is 0 Å². The van der Waals surface area contributed by atoms with Crippen LogP contribution in [0.25, 0.3) is 33.5 Å². The second kappa shape index (κ2) is 21.9. The minimum atomic E-state index is -5.03. The van der Waals surface area contributed by atoms with E-state index in [-0.39, 0.29) is 56.1 Å². The summed E-state index contributed by atoms with van der Waals surface area (Å²) in [5.41, 5.74) is 1.84. The van der Waals surface area contributed by atoms with Crippen molar-refractivity contribution in [3.05, 3.63) is 126 Å². The Morgan fingerprint density at radius 2 is 1.37 bits per heavy atom. The van der Waals surface area contributed by atoms with Gasteiger partial charge in [-0.2, -0.15) is 9.10 Å². The first-order valence-corrected chi connectivity index (χ1v) is 27.2. The first-order chi connectivity index (χ1) is 36.0. The molecule has 1 aliphatic rings. The molecule has 21 nitrogen and oxygen atoms in total. The van der Waals surface area contributed by atoms with E-state index in [0.717, 1.165) is 5.56 Å². The highest BCUT2D eigenvalue weighted by molar-refractivity contribution is 7.92. The molecule has 8 rings (SSSR count). The summed E-state index contributed by atoms with van der Waals surface area (Å²) in [7, 11) is -5.34. The fraction of sp³-hybridized carbons (Fsp3) is 0.358. The Kier molecular flexibility index (Phi) is 15.8. The highest BCUT2D eigenvalue weighted by Crippen LogP contribution is 2.43. The Labute approximate surface area is 441 Å². The number of aromatic amines is 1. The third-order valence-corrected chi connectivity index (χ3v) is 16.2. The van der Waals surface area contributed by atoms with Gasteiger partial charge in [0.2, 0.25) is 25.9 Å². The lowest BCUT2D eigenvalue weighted by Gasteiger charge is -2.37. The Morgan fingerprint density at radius 3 is 1.91 bits per heavy atom. The largest absolute Gasteiger partial charge is 0.497 e. The van der Waals surface area contributed by atoms with E-state index in [1.54, 1.807) is 107 Å². The molecule has 76 heavy (non-hydrogen) atoms. The van der Waals surface area contributed by atoms with Crippen LogP contribution < -0.4 is 24.2 Å². The third kappa shape index (κ3) is 12.4. The Balaban J connectivity index is 1.36. The van der Waals surface area contributed by atoms with Gasteiger partial charge in [-0.15, -0.1) is 10.2 Å². The van der Waals surface area contributed by atoms with E-state index in [1.807, 2.05) is 32.9 Å². The van der Waals surface area contributed by atoms with Crippen LogP contribution in [-0.4, -0.2) is 119 Å². The molecule has 7 aromatic rings. The molecule has 1 saturated heterocycles. The van der Waals surface area contributed by atoms with Gasteiger partial charge in [-0.25, -0.2) is 36.1 Å². The first kappa shape index (κ1) is 54.7. The number of benzene rings is 5. The van der Waals surface area contributed by atoms with E-state index < -0.39 is 65.1 Å². The highest BCUT2D eigenvalue weighted by Gasteiger charge is 2.47. The number of sulfonamides is 2. The number of tetrazole rings is 1. The van der Waals surface area contributed by atoms with Gasteiger partial charge >= 0.3 is 12.2 Å². The predicted octanol–water partition coefficient (Wildman–Crippen LogP) is 7.82. The molecule has 2 unspecified atom stereocenters. The van der Waals surface area contributed by atoms with Crippen molar-refractivity contribution in [2.24, 2.45) is 5.41 Å². The topological polar surface area (TPSA) is 262 Å². The number of likely N-dealkylation sites (tertiary alicyclic amines) is 1. The third-order valence-electron chi connectivity index (χ3n) is 12.7. The molecule has 2 amide bonds. The normalized spacial score (nSPS) is 15.3. The van der Waals surface area contributed by atoms with E-state index in [4.69, 9.17) is 24.0 Å². The fourth-order valence-corrected chi connectivity index (χ4v) is 13.0. The molecule has 402 valence electrons. The van der Waals surface area contributed by atoms with E-state index >= 15 is 16.8 Å². The van der Waals surface area contributed by atoms with Crippen LogP contribution in [0.5, 0.6) is 17.2 Å². The number of carbonyl (C=O) groups is 2. The predicted molar refractivity (Wildman–Crippen MR) is 283 cm³/mol. The molecule has 23 heteroatoms. The molecule has 0 radical (unpaired) electrons. The number of fused-ring (bicyclic) bond motifs is 1. The molecule has 5 aromatic carbocycles. The number of aromatic nitrogens is 6. The number of hydrogen-bond acceptors (Lipinski definition) is 14. The zero-order valence-corrected chi connectivity index (χ0v) is 45.3. The van der Waals surface area contributed by atoms with Crippen molar-refractivity contribution < 1.29 is 50.5 Å².